The fourth-order valence-electron chi connectivity index (χ4n) is 1.25. The van der Waals surface area contributed by atoms with Gasteiger partial charge in [-0.2, -0.15) is 0 Å². The van der Waals surface area contributed by atoms with Gasteiger partial charge in [0, 0.05) is 6.54 Å². The molecular formula is C10H14Cl2N2O2S. The Morgan fingerprint density at radius 2 is 2.00 bits per heavy atom. The first-order valence-corrected chi connectivity index (χ1v) is 7.37. The molecule has 0 saturated heterocycles. The lowest BCUT2D eigenvalue weighted by Crippen LogP contribution is -2.25. The summed E-state index contributed by atoms with van der Waals surface area (Å²) in [5.74, 6) is 0. The van der Waals surface area contributed by atoms with E-state index in [4.69, 9.17) is 28.9 Å². The average Bonchev–Trinajstić information content (AvgIpc) is 2.24. The highest BCUT2D eigenvalue weighted by atomic mass is 35.5. The van der Waals surface area contributed by atoms with Crippen molar-refractivity contribution in [2.45, 2.75) is 24.7 Å². The molecule has 0 spiro atoms. The highest BCUT2D eigenvalue weighted by molar-refractivity contribution is 7.89. The molecule has 0 aromatic heterocycles. The summed E-state index contributed by atoms with van der Waals surface area (Å²) in [6, 6.07) is 2.88. The molecule has 0 aliphatic carbocycles. The molecule has 0 bridgehead atoms. The smallest absolute Gasteiger partial charge is 0.243 e. The van der Waals surface area contributed by atoms with Gasteiger partial charge in [-0.3, -0.25) is 0 Å². The van der Waals surface area contributed by atoms with Gasteiger partial charge in [0.15, 0.2) is 0 Å². The maximum atomic E-state index is 12.0. The van der Waals surface area contributed by atoms with E-state index in [1.807, 2.05) is 6.92 Å². The normalized spacial score (nSPS) is 11.7. The van der Waals surface area contributed by atoms with Crippen LogP contribution in [0.5, 0.6) is 0 Å². The number of nitrogens with two attached hydrogens (primary N) is 1. The number of benzene rings is 1. The molecule has 17 heavy (non-hydrogen) atoms. The fourth-order valence-corrected chi connectivity index (χ4v) is 3.47. The van der Waals surface area contributed by atoms with E-state index in [0.29, 0.717) is 6.54 Å². The summed E-state index contributed by atoms with van der Waals surface area (Å²) < 4.78 is 26.4. The number of hydrogen-bond acceptors (Lipinski definition) is 3. The van der Waals surface area contributed by atoms with Gasteiger partial charge in [-0.15, -0.1) is 0 Å². The van der Waals surface area contributed by atoms with Crippen molar-refractivity contribution in [3.05, 3.63) is 22.2 Å². The van der Waals surface area contributed by atoms with Gasteiger partial charge < -0.3 is 5.73 Å². The van der Waals surface area contributed by atoms with E-state index in [1.54, 1.807) is 0 Å². The van der Waals surface area contributed by atoms with Crippen LogP contribution in [-0.2, 0) is 10.0 Å². The minimum atomic E-state index is -3.71. The van der Waals surface area contributed by atoms with Crippen molar-refractivity contribution < 1.29 is 8.42 Å². The molecule has 0 atom stereocenters. The Morgan fingerprint density at radius 3 is 2.59 bits per heavy atom. The SMILES string of the molecule is CCCCNS(=O)(=O)c1c(Cl)ccc(N)c1Cl. The molecule has 96 valence electrons. The second-order valence-electron chi connectivity index (χ2n) is 3.53. The highest BCUT2D eigenvalue weighted by Crippen LogP contribution is 2.33. The molecule has 1 aromatic carbocycles. The van der Waals surface area contributed by atoms with Gasteiger partial charge in [0.2, 0.25) is 10.0 Å². The number of sulfonamides is 1. The van der Waals surface area contributed by atoms with Gasteiger partial charge in [0.25, 0.3) is 0 Å². The van der Waals surface area contributed by atoms with E-state index in [9.17, 15) is 8.42 Å². The molecule has 1 aromatic rings. The van der Waals surface area contributed by atoms with Crippen LogP contribution < -0.4 is 10.5 Å². The summed E-state index contributed by atoms with van der Waals surface area (Å²) in [5.41, 5.74) is 5.75. The molecule has 7 heteroatoms. The molecular weight excluding hydrogens is 283 g/mol. The zero-order valence-electron chi connectivity index (χ0n) is 9.33. The lowest BCUT2D eigenvalue weighted by Gasteiger charge is -2.11. The zero-order chi connectivity index (χ0) is 13.1. The molecule has 3 N–H and O–H groups in total. The van der Waals surface area contributed by atoms with E-state index < -0.39 is 10.0 Å². The van der Waals surface area contributed by atoms with Crippen molar-refractivity contribution in [1.29, 1.82) is 0 Å². The Kier molecular flexibility index (Phi) is 5.06. The fraction of sp³-hybridized carbons (Fsp3) is 0.400. The maximum Gasteiger partial charge on any atom is 0.243 e. The molecule has 0 saturated carbocycles. The summed E-state index contributed by atoms with van der Waals surface area (Å²) in [4.78, 5) is -0.156. The number of nitrogens with one attached hydrogen (secondary N) is 1. The first-order valence-electron chi connectivity index (χ1n) is 5.13. The number of unbranched alkanes of at least 4 members (excludes halogenated alkanes) is 1. The molecule has 0 unspecified atom stereocenters. The Morgan fingerprint density at radius 1 is 1.35 bits per heavy atom. The number of anilines is 1. The van der Waals surface area contributed by atoms with E-state index in [0.717, 1.165) is 12.8 Å². The van der Waals surface area contributed by atoms with Crippen molar-refractivity contribution in [3.8, 4) is 0 Å². The maximum absolute atomic E-state index is 12.0. The summed E-state index contributed by atoms with van der Waals surface area (Å²) in [5, 5.41) is 0.0229. The molecule has 0 amide bonds. The van der Waals surface area contributed by atoms with Crippen LogP contribution in [0.1, 0.15) is 19.8 Å². The van der Waals surface area contributed by atoms with Crippen molar-refractivity contribution in [3.63, 3.8) is 0 Å². The van der Waals surface area contributed by atoms with Gasteiger partial charge in [-0.25, -0.2) is 13.1 Å². The number of nitrogen functional groups attached to an aromatic ring is 1. The molecule has 0 aliphatic heterocycles. The van der Waals surface area contributed by atoms with Crippen LogP contribution in [0.15, 0.2) is 17.0 Å². The molecule has 0 radical (unpaired) electrons. The minimum Gasteiger partial charge on any atom is -0.397 e. The molecule has 0 aliphatic rings. The van der Waals surface area contributed by atoms with E-state index >= 15 is 0 Å². The second-order valence-corrected chi connectivity index (χ2v) is 6.02. The van der Waals surface area contributed by atoms with Crippen LogP contribution in [0, 0.1) is 0 Å². The average molecular weight is 297 g/mol. The number of halogens is 2. The van der Waals surface area contributed by atoms with Crippen LogP contribution >= 0.6 is 23.2 Å². The molecule has 1 rings (SSSR count). The molecule has 0 heterocycles. The zero-order valence-corrected chi connectivity index (χ0v) is 11.7. The van der Waals surface area contributed by atoms with Gasteiger partial charge in [-0.05, 0) is 18.6 Å². The monoisotopic (exact) mass is 296 g/mol. The van der Waals surface area contributed by atoms with Gasteiger partial charge in [0.05, 0.1) is 15.7 Å². The summed E-state index contributed by atoms with van der Waals surface area (Å²) in [6.07, 6.45) is 1.64. The summed E-state index contributed by atoms with van der Waals surface area (Å²) in [6.45, 7) is 2.31. The van der Waals surface area contributed by atoms with Crippen LogP contribution in [0.4, 0.5) is 5.69 Å². The van der Waals surface area contributed by atoms with Crippen LogP contribution in [0.25, 0.3) is 0 Å². The third-order valence-corrected chi connectivity index (χ3v) is 4.66. The molecule has 4 nitrogen and oxygen atoms in total. The van der Waals surface area contributed by atoms with Crippen LogP contribution in [0.3, 0.4) is 0 Å². The Hall–Kier alpha value is -0.490. The number of hydrogen-bond donors (Lipinski definition) is 2. The Bertz CT molecular complexity index is 503. The second kappa shape index (κ2) is 5.91. The minimum absolute atomic E-state index is 0.0403. The van der Waals surface area contributed by atoms with E-state index in [2.05, 4.69) is 4.72 Å². The lowest BCUT2D eigenvalue weighted by atomic mass is 10.3. The van der Waals surface area contributed by atoms with Crippen molar-refractivity contribution in [2.75, 3.05) is 12.3 Å². The van der Waals surface area contributed by atoms with E-state index in [-0.39, 0.29) is 20.6 Å². The van der Waals surface area contributed by atoms with E-state index in [1.165, 1.54) is 12.1 Å². The van der Waals surface area contributed by atoms with Crippen molar-refractivity contribution in [1.82, 2.24) is 4.72 Å². The number of rotatable bonds is 5. The van der Waals surface area contributed by atoms with Gasteiger partial charge in [0.1, 0.15) is 4.90 Å². The predicted octanol–water partition coefficient (Wildman–Crippen LogP) is 2.65. The van der Waals surface area contributed by atoms with Gasteiger partial charge in [-0.1, -0.05) is 36.5 Å². The highest BCUT2D eigenvalue weighted by Gasteiger charge is 2.22. The van der Waals surface area contributed by atoms with Gasteiger partial charge >= 0.3 is 0 Å². The van der Waals surface area contributed by atoms with Crippen LogP contribution in [-0.4, -0.2) is 15.0 Å². The quantitative estimate of drug-likeness (QED) is 0.648. The summed E-state index contributed by atoms with van der Waals surface area (Å²) >= 11 is 11.7. The van der Waals surface area contributed by atoms with Crippen molar-refractivity contribution >= 4 is 38.9 Å². The first-order chi connectivity index (χ1) is 7.90. The third-order valence-electron chi connectivity index (χ3n) is 2.17. The van der Waals surface area contributed by atoms with Crippen molar-refractivity contribution in [2.24, 2.45) is 0 Å². The largest absolute Gasteiger partial charge is 0.397 e. The third kappa shape index (κ3) is 3.48. The lowest BCUT2D eigenvalue weighted by molar-refractivity contribution is 0.578. The molecule has 0 fully saturated rings. The summed E-state index contributed by atoms with van der Waals surface area (Å²) in [7, 11) is -3.71. The first kappa shape index (κ1) is 14.6. The predicted molar refractivity (Wildman–Crippen MR) is 71.0 cm³/mol. The standard InChI is InChI=1S/C10H14Cl2N2O2S/c1-2-3-6-14-17(15,16)10-7(11)4-5-8(13)9(10)12/h4-5,14H,2-3,6,13H2,1H3. The van der Waals surface area contributed by atoms with Crippen LogP contribution in [0.2, 0.25) is 10.0 Å². The Balaban J connectivity index is 3.11. The Labute approximate surface area is 111 Å². The topological polar surface area (TPSA) is 72.2 Å².